The minimum atomic E-state index is 0.527. The lowest BCUT2D eigenvalue weighted by Gasteiger charge is -2.36. The summed E-state index contributed by atoms with van der Waals surface area (Å²) in [7, 11) is 1.80. The zero-order valence-corrected chi connectivity index (χ0v) is 13.5. The van der Waals surface area contributed by atoms with Crippen LogP contribution in [0, 0.1) is 5.92 Å². The Hall–Kier alpha value is -0.120. The van der Waals surface area contributed by atoms with Crippen molar-refractivity contribution in [3.8, 4) is 0 Å². The van der Waals surface area contributed by atoms with Crippen LogP contribution in [0.4, 0.5) is 0 Å². The number of nitrogens with one attached hydrogen (secondary N) is 1. The van der Waals surface area contributed by atoms with Crippen LogP contribution in [0.2, 0.25) is 0 Å². The predicted molar refractivity (Wildman–Crippen MR) is 82.6 cm³/mol. The Bertz CT molecular complexity index is 209. The average molecular weight is 270 g/mol. The Morgan fingerprint density at radius 2 is 1.89 bits per heavy atom. The quantitative estimate of drug-likeness (QED) is 0.697. The fraction of sp³-hybridized carbons (Fsp3) is 1.00. The summed E-state index contributed by atoms with van der Waals surface area (Å²) in [5.74, 6) is 0.837. The first-order chi connectivity index (χ1) is 9.21. The highest BCUT2D eigenvalue weighted by Crippen LogP contribution is 2.21. The van der Waals surface area contributed by atoms with E-state index >= 15 is 0 Å². The molecule has 1 heterocycles. The van der Waals surface area contributed by atoms with Gasteiger partial charge in [0.05, 0.1) is 6.61 Å². The highest BCUT2D eigenvalue weighted by Gasteiger charge is 2.24. The Balaban J connectivity index is 2.30. The van der Waals surface area contributed by atoms with Gasteiger partial charge in [0.15, 0.2) is 0 Å². The second-order valence-electron chi connectivity index (χ2n) is 6.08. The van der Waals surface area contributed by atoms with Crippen LogP contribution in [0.1, 0.15) is 52.9 Å². The number of nitrogens with zero attached hydrogens (tertiary/aromatic N) is 1. The van der Waals surface area contributed by atoms with Crippen LogP contribution in [0.25, 0.3) is 0 Å². The molecule has 1 N–H and O–H groups in total. The Morgan fingerprint density at radius 1 is 1.21 bits per heavy atom. The highest BCUT2D eigenvalue weighted by atomic mass is 16.5. The molecule has 0 radical (unpaired) electrons. The van der Waals surface area contributed by atoms with Crippen molar-refractivity contribution < 1.29 is 4.74 Å². The third-order valence-electron chi connectivity index (χ3n) is 4.38. The van der Waals surface area contributed by atoms with Gasteiger partial charge in [0.1, 0.15) is 0 Å². The van der Waals surface area contributed by atoms with E-state index in [1.807, 2.05) is 0 Å². The third-order valence-corrected chi connectivity index (χ3v) is 4.38. The zero-order valence-electron chi connectivity index (χ0n) is 13.5. The molecule has 0 saturated carbocycles. The summed E-state index contributed by atoms with van der Waals surface area (Å²) in [4.78, 5) is 2.61. The van der Waals surface area contributed by atoms with Gasteiger partial charge in [-0.1, -0.05) is 20.3 Å². The Kier molecular flexibility index (Phi) is 8.67. The second kappa shape index (κ2) is 9.73. The van der Waals surface area contributed by atoms with Crippen molar-refractivity contribution >= 4 is 0 Å². The van der Waals surface area contributed by atoms with Crippen molar-refractivity contribution in [1.82, 2.24) is 10.2 Å². The molecule has 114 valence electrons. The molecule has 3 nitrogen and oxygen atoms in total. The summed E-state index contributed by atoms with van der Waals surface area (Å²) >= 11 is 0. The molecular formula is C16H34N2O. The SMILES string of the molecule is CCCC(COC)NC(C)C1CCN(CCC)CC1. The lowest BCUT2D eigenvalue weighted by molar-refractivity contribution is 0.129. The first kappa shape index (κ1) is 16.9. The van der Waals surface area contributed by atoms with Crippen molar-refractivity contribution in [3.05, 3.63) is 0 Å². The van der Waals surface area contributed by atoms with Crippen molar-refractivity contribution in [2.45, 2.75) is 65.0 Å². The van der Waals surface area contributed by atoms with Crippen LogP contribution in [-0.2, 0) is 4.74 Å². The van der Waals surface area contributed by atoms with Crippen LogP contribution in [0.3, 0.4) is 0 Å². The van der Waals surface area contributed by atoms with Gasteiger partial charge in [0.25, 0.3) is 0 Å². The van der Waals surface area contributed by atoms with Gasteiger partial charge in [-0.25, -0.2) is 0 Å². The second-order valence-corrected chi connectivity index (χ2v) is 6.08. The van der Waals surface area contributed by atoms with Gasteiger partial charge in [0, 0.05) is 19.2 Å². The van der Waals surface area contributed by atoms with Gasteiger partial charge in [-0.15, -0.1) is 0 Å². The highest BCUT2D eigenvalue weighted by molar-refractivity contribution is 4.82. The monoisotopic (exact) mass is 270 g/mol. The summed E-state index contributed by atoms with van der Waals surface area (Å²) in [6.07, 6.45) is 6.42. The van der Waals surface area contributed by atoms with E-state index in [9.17, 15) is 0 Å². The average Bonchev–Trinajstić information content (AvgIpc) is 2.40. The molecule has 0 aromatic heterocycles. The van der Waals surface area contributed by atoms with Crippen molar-refractivity contribution in [2.24, 2.45) is 5.92 Å². The molecule has 0 aliphatic carbocycles. The molecule has 1 rings (SSSR count). The maximum absolute atomic E-state index is 5.32. The molecule has 0 spiro atoms. The molecular weight excluding hydrogens is 236 g/mol. The van der Waals surface area contributed by atoms with Crippen LogP contribution >= 0.6 is 0 Å². The minimum Gasteiger partial charge on any atom is -0.383 e. The summed E-state index contributed by atoms with van der Waals surface area (Å²) in [5.41, 5.74) is 0. The van der Waals surface area contributed by atoms with Gasteiger partial charge in [0.2, 0.25) is 0 Å². The molecule has 2 unspecified atom stereocenters. The van der Waals surface area contributed by atoms with Crippen LogP contribution < -0.4 is 5.32 Å². The lowest BCUT2D eigenvalue weighted by Crippen LogP contribution is -2.46. The number of ether oxygens (including phenoxy) is 1. The van der Waals surface area contributed by atoms with E-state index in [-0.39, 0.29) is 0 Å². The number of hydrogen-bond acceptors (Lipinski definition) is 3. The Morgan fingerprint density at radius 3 is 2.42 bits per heavy atom. The maximum Gasteiger partial charge on any atom is 0.0615 e. The molecule has 1 aliphatic heterocycles. The normalized spacial score (nSPS) is 21.5. The van der Waals surface area contributed by atoms with E-state index in [1.165, 1.54) is 51.7 Å². The smallest absolute Gasteiger partial charge is 0.0615 e. The molecule has 3 heteroatoms. The van der Waals surface area contributed by atoms with Crippen LogP contribution in [0.5, 0.6) is 0 Å². The minimum absolute atomic E-state index is 0.527. The topological polar surface area (TPSA) is 24.5 Å². The fourth-order valence-corrected chi connectivity index (χ4v) is 3.27. The predicted octanol–water partition coefficient (Wildman–Crippen LogP) is 2.90. The zero-order chi connectivity index (χ0) is 14.1. The van der Waals surface area contributed by atoms with E-state index in [4.69, 9.17) is 4.74 Å². The van der Waals surface area contributed by atoms with Crippen molar-refractivity contribution in [3.63, 3.8) is 0 Å². The number of piperidine rings is 1. The van der Waals surface area contributed by atoms with E-state index in [0.717, 1.165) is 12.5 Å². The number of rotatable bonds is 9. The molecule has 0 aromatic carbocycles. The van der Waals surface area contributed by atoms with Crippen molar-refractivity contribution in [2.75, 3.05) is 33.4 Å². The molecule has 1 fully saturated rings. The van der Waals surface area contributed by atoms with Crippen LogP contribution in [0.15, 0.2) is 0 Å². The number of hydrogen-bond donors (Lipinski definition) is 1. The summed E-state index contributed by atoms with van der Waals surface area (Å²) < 4.78 is 5.32. The van der Waals surface area contributed by atoms with Gasteiger partial charge in [-0.05, 0) is 58.2 Å². The molecule has 1 aliphatic rings. The van der Waals surface area contributed by atoms with Gasteiger partial charge < -0.3 is 15.0 Å². The maximum atomic E-state index is 5.32. The first-order valence-electron chi connectivity index (χ1n) is 8.18. The van der Waals surface area contributed by atoms with Gasteiger partial charge >= 0.3 is 0 Å². The number of likely N-dealkylation sites (tertiary alicyclic amines) is 1. The summed E-state index contributed by atoms with van der Waals surface area (Å²) in [6.45, 7) is 11.6. The van der Waals surface area contributed by atoms with E-state index in [1.54, 1.807) is 7.11 Å². The lowest BCUT2D eigenvalue weighted by atomic mass is 9.89. The molecule has 0 bridgehead atoms. The largest absolute Gasteiger partial charge is 0.383 e. The molecule has 19 heavy (non-hydrogen) atoms. The van der Waals surface area contributed by atoms with E-state index in [0.29, 0.717) is 12.1 Å². The fourth-order valence-electron chi connectivity index (χ4n) is 3.27. The summed E-state index contributed by atoms with van der Waals surface area (Å²) in [6, 6.07) is 1.15. The van der Waals surface area contributed by atoms with Gasteiger partial charge in [-0.3, -0.25) is 0 Å². The van der Waals surface area contributed by atoms with E-state index in [2.05, 4.69) is 31.0 Å². The number of methoxy groups -OCH3 is 1. The third kappa shape index (κ3) is 6.24. The molecule has 2 atom stereocenters. The standard InChI is InChI=1S/C16H34N2O/c1-5-7-16(13-19-4)17-14(3)15-8-11-18(10-6-2)12-9-15/h14-17H,5-13H2,1-4H3. The van der Waals surface area contributed by atoms with E-state index < -0.39 is 0 Å². The molecule has 0 amide bonds. The molecule has 0 aromatic rings. The first-order valence-corrected chi connectivity index (χ1v) is 8.18. The van der Waals surface area contributed by atoms with Crippen molar-refractivity contribution in [1.29, 1.82) is 0 Å². The summed E-state index contributed by atoms with van der Waals surface area (Å²) in [5, 5.41) is 3.79. The Labute approximate surface area is 120 Å². The van der Waals surface area contributed by atoms with Gasteiger partial charge in [-0.2, -0.15) is 0 Å². The van der Waals surface area contributed by atoms with Crippen LogP contribution in [-0.4, -0.2) is 50.3 Å². The molecule has 1 saturated heterocycles.